The molecule has 1 aliphatic heterocycles. The summed E-state index contributed by atoms with van der Waals surface area (Å²) in [5.41, 5.74) is 5.09. The number of hydrogen-bond acceptors (Lipinski definition) is 2. The molecule has 0 saturated carbocycles. The van der Waals surface area contributed by atoms with E-state index in [0.29, 0.717) is 5.92 Å². The van der Waals surface area contributed by atoms with E-state index in [9.17, 15) is 0 Å². The zero-order valence-corrected chi connectivity index (χ0v) is 10.7. The average Bonchev–Trinajstić information content (AvgIpc) is 2.90. The second kappa shape index (κ2) is 4.94. The van der Waals surface area contributed by atoms with Crippen LogP contribution in [0.25, 0.3) is 11.1 Å². The van der Waals surface area contributed by atoms with Crippen molar-refractivity contribution in [2.45, 2.75) is 25.7 Å². The Morgan fingerprint density at radius 2 is 2.06 bits per heavy atom. The van der Waals surface area contributed by atoms with Crippen LogP contribution < -0.4 is 5.32 Å². The van der Waals surface area contributed by atoms with Crippen molar-refractivity contribution in [1.82, 2.24) is 15.5 Å². The summed E-state index contributed by atoms with van der Waals surface area (Å²) in [5.74, 6) is 0.567. The van der Waals surface area contributed by atoms with Gasteiger partial charge in [0.2, 0.25) is 0 Å². The van der Waals surface area contributed by atoms with E-state index in [1.165, 1.54) is 35.2 Å². The molecule has 3 nitrogen and oxygen atoms in total. The molecule has 2 N–H and O–H groups in total. The Labute approximate surface area is 108 Å². The summed E-state index contributed by atoms with van der Waals surface area (Å²) in [6.07, 6.45) is 4.44. The van der Waals surface area contributed by atoms with Crippen LogP contribution in [0.4, 0.5) is 0 Å². The van der Waals surface area contributed by atoms with Gasteiger partial charge in [0.1, 0.15) is 0 Å². The number of nitrogens with zero attached hydrogens (tertiary/aromatic N) is 1. The van der Waals surface area contributed by atoms with Crippen LogP contribution in [0.2, 0.25) is 0 Å². The minimum absolute atomic E-state index is 0.567. The van der Waals surface area contributed by atoms with Gasteiger partial charge in [0, 0.05) is 23.7 Å². The quantitative estimate of drug-likeness (QED) is 0.848. The van der Waals surface area contributed by atoms with Gasteiger partial charge in [0.05, 0.1) is 6.20 Å². The van der Waals surface area contributed by atoms with Gasteiger partial charge in [-0.2, -0.15) is 5.10 Å². The molecule has 1 aliphatic rings. The third-order valence-corrected chi connectivity index (χ3v) is 3.74. The highest BCUT2D eigenvalue weighted by molar-refractivity contribution is 5.66. The Kier molecular flexibility index (Phi) is 3.15. The van der Waals surface area contributed by atoms with Gasteiger partial charge in [0.15, 0.2) is 0 Å². The zero-order valence-electron chi connectivity index (χ0n) is 10.7. The van der Waals surface area contributed by atoms with Gasteiger partial charge in [-0.1, -0.05) is 29.8 Å². The first-order valence-electron chi connectivity index (χ1n) is 6.65. The smallest absolute Gasteiger partial charge is 0.0568 e. The second-order valence-corrected chi connectivity index (χ2v) is 5.11. The fraction of sp³-hybridized carbons (Fsp3) is 0.400. The lowest BCUT2D eigenvalue weighted by molar-refractivity contribution is 0.455. The molecular formula is C15H19N3. The molecule has 0 aliphatic carbocycles. The molecule has 0 amide bonds. The number of aryl methyl sites for hydroxylation is 1. The Bertz CT molecular complexity index is 507. The van der Waals surface area contributed by atoms with E-state index in [0.717, 1.165) is 13.1 Å². The van der Waals surface area contributed by atoms with Crippen LogP contribution in [0.5, 0.6) is 0 Å². The molecule has 3 rings (SSSR count). The Hall–Kier alpha value is -1.61. The average molecular weight is 241 g/mol. The lowest BCUT2D eigenvalue weighted by Crippen LogP contribution is -2.28. The largest absolute Gasteiger partial charge is 0.316 e. The van der Waals surface area contributed by atoms with E-state index in [1.54, 1.807) is 0 Å². The number of rotatable bonds is 2. The first-order valence-corrected chi connectivity index (χ1v) is 6.65. The number of piperidine rings is 1. The van der Waals surface area contributed by atoms with Crippen LogP contribution in [0, 0.1) is 6.92 Å². The van der Waals surface area contributed by atoms with Crippen LogP contribution in [0.1, 0.15) is 30.0 Å². The summed E-state index contributed by atoms with van der Waals surface area (Å²) in [6, 6.07) is 8.68. The summed E-state index contributed by atoms with van der Waals surface area (Å²) < 4.78 is 0. The highest BCUT2D eigenvalue weighted by atomic mass is 15.1. The van der Waals surface area contributed by atoms with Crippen LogP contribution in [0.15, 0.2) is 30.5 Å². The lowest BCUT2D eigenvalue weighted by Gasteiger charge is -2.22. The number of benzene rings is 1. The SMILES string of the molecule is Cc1ccc(-c2cn[nH]c2[C@H]2CCCNC2)cc1. The maximum Gasteiger partial charge on any atom is 0.0568 e. The van der Waals surface area contributed by atoms with E-state index in [1.807, 2.05) is 6.20 Å². The third-order valence-electron chi connectivity index (χ3n) is 3.74. The van der Waals surface area contributed by atoms with Crippen molar-refractivity contribution in [3.05, 3.63) is 41.7 Å². The van der Waals surface area contributed by atoms with Gasteiger partial charge in [0.25, 0.3) is 0 Å². The molecule has 0 unspecified atom stereocenters. The molecular weight excluding hydrogens is 222 g/mol. The molecule has 1 fully saturated rings. The van der Waals surface area contributed by atoms with Crippen LogP contribution >= 0.6 is 0 Å². The van der Waals surface area contributed by atoms with Crippen LogP contribution in [-0.4, -0.2) is 23.3 Å². The molecule has 0 bridgehead atoms. The summed E-state index contributed by atoms with van der Waals surface area (Å²) in [7, 11) is 0. The van der Waals surface area contributed by atoms with Crippen LogP contribution in [-0.2, 0) is 0 Å². The Morgan fingerprint density at radius 3 is 2.78 bits per heavy atom. The van der Waals surface area contributed by atoms with Crippen LogP contribution in [0.3, 0.4) is 0 Å². The maximum absolute atomic E-state index is 4.24. The fourth-order valence-electron chi connectivity index (χ4n) is 2.67. The molecule has 1 atom stereocenters. The molecule has 2 aromatic rings. The van der Waals surface area contributed by atoms with E-state index < -0.39 is 0 Å². The number of nitrogens with one attached hydrogen (secondary N) is 2. The van der Waals surface area contributed by atoms with Crippen molar-refractivity contribution >= 4 is 0 Å². The molecule has 18 heavy (non-hydrogen) atoms. The lowest BCUT2D eigenvalue weighted by atomic mass is 9.91. The zero-order chi connectivity index (χ0) is 12.4. The predicted octanol–water partition coefficient (Wildman–Crippen LogP) is 2.85. The summed E-state index contributed by atoms with van der Waals surface area (Å²) in [5, 5.41) is 10.9. The van der Waals surface area contributed by atoms with Gasteiger partial charge in [-0.15, -0.1) is 0 Å². The van der Waals surface area contributed by atoms with Gasteiger partial charge >= 0.3 is 0 Å². The molecule has 1 aromatic heterocycles. The van der Waals surface area contributed by atoms with Gasteiger partial charge in [-0.3, -0.25) is 5.10 Å². The molecule has 1 aromatic carbocycles. The summed E-state index contributed by atoms with van der Waals surface area (Å²) in [4.78, 5) is 0. The van der Waals surface area contributed by atoms with E-state index >= 15 is 0 Å². The molecule has 2 heterocycles. The van der Waals surface area contributed by atoms with Crippen molar-refractivity contribution in [3.63, 3.8) is 0 Å². The number of aromatic amines is 1. The fourth-order valence-corrected chi connectivity index (χ4v) is 2.67. The summed E-state index contributed by atoms with van der Waals surface area (Å²) >= 11 is 0. The molecule has 0 spiro atoms. The highest BCUT2D eigenvalue weighted by Crippen LogP contribution is 2.30. The maximum atomic E-state index is 4.24. The predicted molar refractivity (Wildman–Crippen MR) is 73.6 cm³/mol. The van der Waals surface area contributed by atoms with Crippen molar-refractivity contribution in [3.8, 4) is 11.1 Å². The Morgan fingerprint density at radius 1 is 1.22 bits per heavy atom. The molecule has 1 saturated heterocycles. The highest BCUT2D eigenvalue weighted by Gasteiger charge is 2.20. The monoisotopic (exact) mass is 241 g/mol. The van der Waals surface area contributed by atoms with Crippen molar-refractivity contribution in [2.75, 3.05) is 13.1 Å². The normalized spacial score (nSPS) is 19.9. The van der Waals surface area contributed by atoms with E-state index in [4.69, 9.17) is 0 Å². The van der Waals surface area contributed by atoms with Gasteiger partial charge in [-0.05, 0) is 31.9 Å². The number of hydrogen-bond donors (Lipinski definition) is 2. The topological polar surface area (TPSA) is 40.7 Å². The molecule has 94 valence electrons. The molecule has 3 heteroatoms. The Balaban J connectivity index is 1.93. The third kappa shape index (κ3) is 2.18. The minimum atomic E-state index is 0.567. The van der Waals surface area contributed by atoms with Crippen molar-refractivity contribution in [2.24, 2.45) is 0 Å². The number of aromatic nitrogens is 2. The van der Waals surface area contributed by atoms with E-state index in [2.05, 4.69) is 46.7 Å². The van der Waals surface area contributed by atoms with Gasteiger partial charge in [-0.25, -0.2) is 0 Å². The second-order valence-electron chi connectivity index (χ2n) is 5.11. The number of H-pyrrole nitrogens is 1. The van der Waals surface area contributed by atoms with E-state index in [-0.39, 0.29) is 0 Å². The minimum Gasteiger partial charge on any atom is -0.316 e. The van der Waals surface area contributed by atoms with Gasteiger partial charge < -0.3 is 5.32 Å². The molecule has 0 radical (unpaired) electrons. The van der Waals surface area contributed by atoms with Crippen molar-refractivity contribution < 1.29 is 0 Å². The first-order chi connectivity index (χ1) is 8.84. The standard InChI is InChI=1S/C15H19N3/c1-11-4-6-12(7-5-11)14-10-17-18-15(14)13-3-2-8-16-9-13/h4-7,10,13,16H,2-3,8-9H2,1H3,(H,17,18)/t13-/m0/s1. The van der Waals surface area contributed by atoms with Crippen molar-refractivity contribution in [1.29, 1.82) is 0 Å². The first kappa shape index (κ1) is 11.5. The summed E-state index contributed by atoms with van der Waals surface area (Å²) in [6.45, 7) is 4.32.